The van der Waals surface area contributed by atoms with E-state index in [1.807, 2.05) is 6.07 Å². The van der Waals surface area contributed by atoms with Crippen molar-refractivity contribution in [3.63, 3.8) is 0 Å². The van der Waals surface area contributed by atoms with Crippen LogP contribution in [0.4, 0.5) is 5.69 Å². The van der Waals surface area contributed by atoms with Gasteiger partial charge in [-0.05, 0) is 0 Å². The fourth-order valence-corrected chi connectivity index (χ4v) is 9.27. The van der Waals surface area contributed by atoms with Crippen molar-refractivity contribution in [1.82, 2.24) is 0 Å². The molecule has 0 aromatic heterocycles. The van der Waals surface area contributed by atoms with Gasteiger partial charge in [0, 0.05) is 0 Å². The van der Waals surface area contributed by atoms with Gasteiger partial charge in [0.05, 0.1) is 0 Å². The summed E-state index contributed by atoms with van der Waals surface area (Å²) in [5.41, 5.74) is 5.13. The quantitative estimate of drug-likeness (QED) is 0.384. The topological polar surface area (TPSA) is 3.24 Å². The number of anilines is 1. The van der Waals surface area contributed by atoms with Crippen LogP contribution in [0.2, 0.25) is 4.22 Å². The Hall–Kier alpha value is -0.986. The zero-order valence-corrected chi connectivity index (χ0v) is 20.1. The van der Waals surface area contributed by atoms with Gasteiger partial charge in [-0.3, -0.25) is 0 Å². The third kappa shape index (κ3) is 4.60. The molecule has 0 heterocycles. The van der Waals surface area contributed by atoms with Gasteiger partial charge in [0.1, 0.15) is 0 Å². The summed E-state index contributed by atoms with van der Waals surface area (Å²) in [6.45, 7) is 9.72. The molecule has 4 heteroatoms. The molecule has 1 aliphatic carbocycles. The predicted octanol–water partition coefficient (Wildman–Crippen LogP) is 8.23. The van der Waals surface area contributed by atoms with E-state index < -0.39 is 14.7 Å². The minimum absolute atomic E-state index is 0.118. The third-order valence-corrected chi connectivity index (χ3v) is 12.6. The Morgan fingerprint density at radius 2 is 1.36 bits per heavy atom. The van der Waals surface area contributed by atoms with Crippen LogP contribution in [0.25, 0.3) is 0 Å². The summed E-state index contributed by atoms with van der Waals surface area (Å²) < 4.78 is 2.50. The molecular formula is C24H29Cl2NTi. The van der Waals surface area contributed by atoms with Crippen molar-refractivity contribution in [3.05, 3.63) is 89.5 Å². The molecule has 0 radical (unpaired) electrons. The van der Waals surface area contributed by atoms with Gasteiger partial charge >= 0.3 is 182 Å². The Morgan fingerprint density at radius 3 is 1.86 bits per heavy atom. The molecule has 0 spiro atoms. The van der Waals surface area contributed by atoms with Gasteiger partial charge in [-0.1, -0.05) is 0 Å². The van der Waals surface area contributed by atoms with Crippen LogP contribution in [-0.2, 0) is 21.3 Å². The summed E-state index contributed by atoms with van der Waals surface area (Å²) >= 11 is -3.50. The van der Waals surface area contributed by atoms with E-state index in [4.69, 9.17) is 18.6 Å². The fraction of sp³-hybridized carbons (Fsp3) is 0.333. The van der Waals surface area contributed by atoms with E-state index in [1.54, 1.807) is 0 Å². The number of allylic oxidation sites excluding steroid dienone is 4. The van der Waals surface area contributed by atoms with Crippen molar-refractivity contribution in [2.75, 3.05) is 3.38 Å². The molecule has 0 unspecified atom stereocenters. The molecule has 2 aromatic rings. The molecule has 1 aliphatic rings. The number of halogens is 2. The Morgan fingerprint density at radius 1 is 0.821 bits per heavy atom. The van der Waals surface area contributed by atoms with E-state index in [2.05, 4.69) is 97.8 Å². The molecular weight excluding hydrogens is 421 g/mol. The summed E-state index contributed by atoms with van der Waals surface area (Å²) in [4.78, 5) is 0. The zero-order chi connectivity index (χ0) is 20.3. The summed E-state index contributed by atoms with van der Waals surface area (Å²) in [7, 11) is 14.6. The molecule has 0 atom stereocenters. The normalized spacial score (nSPS) is 14.4. The standard InChI is InChI=1S/C19H24N.C5H5.2ClH.Ti/c1-14(2)17-11-8-12-18(15(3)4)19(17)20-13-16-9-6-5-7-10-16;1-2-4-5-3-1;;;/h5-12,14-15H,13H2,1-4H3;1-5H;2*1H;/q-1;;;;+3/p-2. The average Bonchev–Trinajstić information content (AvgIpc) is 3.22. The molecule has 3 rings (SSSR count). The Bertz CT molecular complexity index is 818. The van der Waals surface area contributed by atoms with E-state index >= 15 is 0 Å². The predicted molar refractivity (Wildman–Crippen MR) is 121 cm³/mol. The Kier molecular flexibility index (Phi) is 7.15. The van der Waals surface area contributed by atoms with Crippen molar-refractivity contribution in [1.29, 1.82) is 0 Å². The van der Waals surface area contributed by atoms with Crippen LogP contribution in [0.3, 0.4) is 0 Å². The molecule has 1 nitrogen and oxygen atoms in total. The third-order valence-electron chi connectivity index (χ3n) is 5.30. The summed E-state index contributed by atoms with van der Waals surface area (Å²) in [6, 6.07) is 17.2. The molecule has 0 fully saturated rings. The van der Waals surface area contributed by atoms with E-state index in [1.165, 1.54) is 22.4 Å². The number of para-hydroxylation sites is 1. The van der Waals surface area contributed by atoms with Gasteiger partial charge in [0.2, 0.25) is 0 Å². The fourth-order valence-electron chi connectivity index (χ4n) is 3.77. The Balaban J connectivity index is 2.19. The maximum absolute atomic E-state index is 7.32. The second kappa shape index (κ2) is 9.22. The van der Waals surface area contributed by atoms with E-state index in [9.17, 15) is 0 Å². The van der Waals surface area contributed by atoms with Gasteiger partial charge in [0.25, 0.3) is 0 Å². The van der Waals surface area contributed by atoms with Crippen molar-refractivity contribution < 1.29 is 14.7 Å². The van der Waals surface area contributed by atoms with Crippen LogP contribution in [0.5, 0.6) is 0 Å². The van der Waals surface area contributed by atoms with E-state index in [-0.39, 0.29) is 4.22 Å². The average molecular weight is 450 g/mol. The van der Waals surface area contributed by atoms with Crippen LogP contribution in [-0.4, -0.2) is 0 Å². The van der Waals surface area contributed by atoms with E-state index in [0.29, 0.717) is 11.8 Å². The first-order chi connectivity index (χ1) is 13.3. The van der Waals surface area contributed by atoms with Gasteiger partial charge in [-0.15, -0.1) is 0 Å². The molecule has 0 bridgehead atoms. The van der Waals surface area contributed by atoms with Crippen LogP contribution >= 0.6 is 18.6 Å². The second-order valence-electron chi connectivity index (χ2n) is 8.05. The first-order valence-electron chi connectivity index (χ1n) is 9.99. The molecule has 0 saturated carbocycles. The number of hydrogen-bond acceptors (Lipinski definition) is 1. The SMILES string of the molecule is CC(C)c1cccc(C(C)C)c1[N](Cc1ccccc1)[Ti]([Cl])([Cl])[CH]1C=CC=C1. The zero-order valence-electron chi connectivity index (χ0n) is 17.1. The first kappa shape index (κ1) is 21.7. The minimum atomic E-state index is -3.50. The van der Waals surface area contributed by atoms with Gasteiger partial charge in [0.15, 0.2) is 0 Å². The Labute approximate surface area is 181 Å². The molecule has 0 saturated heterocycles. The number of nitrogens with zero attached hydrogens (tertiary/aromatic N) is 1. The second-order valence-corrected chi connectivity index (χ2v) is 17.3. The van der Waals surface area contributed by atoms with Crippen molar-refractivity contribution in [3.8, 4) is 0 Å². The van der Waals surface area contributed by atoms with E-state index in [0.717, 1.165) is 6.54 Å². The molecule has 0 amide bonds. The van der Waals surface area contributed by atoms with Gasteiger partial charge in [-0.25, -0.2) is 0 Å². The number of hydrogen-bond donors (Lipinski definition) is 0. The first-order valence-corrected chi connectivity index (χ1v) is 15.9. The number of benzene rings is 2. The molecule has 0 aliphatic heterocycles. The number of rotatable bonds is 7. The molecule has 0 N–H and O–H groups in total. The van der Waals surface area contributed by atoms with Gasteiger partial charge < -0.3 is 0 Å². The molecule has 2 aromatic carbocycles. The van der Waals surface area contributed by atoms with Crippen molar-refractivity contribution in [2.24, 2.45) is 0 Å². The summed E-state index contributed by atoms with van der Waals surface area (Å²) in [5.74, 6) is 0.793. The van der Waals surface area contributed by atoms with Crippen LogP contribution in [0, 0.1) is 0 Å². The monoisotopic (exact) mass is 449 g/mol. The maximum atomic E-state index is 7.32. The van der Waals surface area contributed by atoms with Gasteiger partial charge in [-0.2, -0.15) is 0 Å². The van der Waals surface area contributed by atoms with Crippen molar-refractivity contribution >= 4 is 24.3 Å². The molecule has 28 heavy (non-hydrogen) atoms. The summed E-state index contributed by atoms with van der Waals surface area (Å²) in [6.07, 6.45) is 8.44. The molecule has 148 valence electrons. The van der Waals surface area contributed by atoms with Crippen LogP contribution < -0.4 is 3.38 Å². The van der Waals surface area contributed by atoms with Crippen LogP contribution in [0.1, 0.15) is 56.2 Å². The van der Waals surface area contributed by atoms with Crippen molar-refractivity contribution in [2.45, 2.75) is 50.3 Å². The van der Waals surface area contributed by atoms with Crippen LogP contribution in [0.15, 0.2) is 72.8 Å². The summed E-state index contributed by atoms with van der Waals surface area (Å²) in [5, 5.41) is 0.